The number of alkyl halides is 2. The summed E-state index contributed by atoms with van der Waals surface area (Å²) in [6, 6.07) is -0.638. The van der Waals surface area contributed by atoms with E-state index in [-0.39, 0.29) is 44.3 Å². The highest BCUT2D eigenvalue weighted by atomic mass is 35.5. The number of rotatable bonds is 3. The molecule has 6 heteroatoms. The molecular formula is C10H18ClF2NO2. The standard InChI is InChI=1S/C10H17F2NO2.ClH/c1-7(2)8(9(14)15)13-5-3-10(11,12)4-6-13;/h7-8H,3-6H2,1-2H3,(H,14,15);1H. The molecule has 0 amide bonds. The monoisotopic (exact) mass is 257 g/mol. The minimum absolute atomic E-state index is 0. The number of hydrogen-bond donors (Lipinski definition) is 1. The van der Waals surface area contributed by atoms with Gasteiger partial charge in [0.2, 0.25) is 0 Å². The molecule has 1 aliphatic heterocycles. The summed E-state index contributed by atoms with van der Waals surface area (Å²) in [5, 5.41) is 9.00. The maximum Gasteiger partial charge on any atom is 0.321 e. The highest BCUT2D eigenvalue weighted by molar-refractivity contribution is 5.85. The molecule has 1 rings (SSSR count). The number of carboxylic acid groups (broad SMARTS) is 1. The van der Waals surface area contributed by atoms with Gasteiger partial charge in [0.25, 0.3) is 5.92 Å². The Kier molecular flexibility index (Phi) is 5.62. The van der Waals surface area contributed by atoms with Crippen molar-refractivity contribution in [2.75, 3.05) is 13.1 Å². The van der Waals surface area contributed by atoms with Crippen molar-refractivity contribution in [1.29, 1.82) is 0 Å². The first-order valence-corrected chi connectivity index (χ1v) is 5.18. The van der Waals surface area contributed by atoms with Crippen molar-refractivity contribution in [3.8, 4) is 0 Å². The molecule has 0 aromatic rings. The number of halogens is 3. The SMILES string of the molecule is CC(C)C(C(=O)O)N1CCC(F)(F)CC1.Cl. The van der Waals surface area contributed by atoms with Crippen LogP contribution in [0.15, 0.2) is 0 Å². The van der Waals surface area contributed by atoms with Crippen LogP contribution in [0.2, 0.25) is 0 Å². The van der Waals surface area contributed by atoms with Gasteiger partial charge in [0.05, 0.1) is 0 Å². The van der Waals surface area contributed by atoms with Crippen molar-refractivity contribution < 1.29 is 18.7 Å². The van der Waals surface area contributed by atoms with E-state index in [4.69, 9.17) is 5.11 Å². The van der Waals surface area contributed by atoms with Gasteiger partial charge in [-0.05, 0) is 5.92 Å². The molecule has 0 aliphatic carbocycles. The molecule has 0 spiro atoms. The van der Waals surface area contributed by atoms with E-state index in [1.807, 2.05) is 0 Å². The zero-order valence-electron chi connectivity index (χ0n) is 9.45. The van der Waals surface area contributed by atoms with Crippen molar-refractivity contribution in [2.24, 2.45) is 5.92 Å². The molecule has 1 aliphatic rings. The molecule has 0 radical (unpaired) electrons. The highest BCUT2D eigenvalue weighted by Crippen LogP contribution is 2.29. The third-order valence-corrected chi connectivity index (χ3v) is 2.81. The molecule has 1 saturated heterocycles. The molecule has 96 valence electrons. The van der Waals surface area contributed by atoms with Crippen molar-refractivity contribution in [3.63, 3.8) is 0 Å². The number of nitrogens with zero attached hydrogens (tertiary/aromatic N) is 1. The molecular weight excluding hydrogens is 240 g/mol. The summed E-state index contributed by atoms with van der Waals surface area (Å²) in [6.45, 7) is 3.93. The molecule has 16 heavy (non-hydrogen) atoms. The van der Waals surface area contributed by atoms with Crippen molar-refractivity contribution in [2.45, 2.75) is 38.7 Å². The topological polar surface area (TPSA) is 40.5 Å². The van der Waals surface area contributed by atoms with Crippen LogP contribution in [0.4, 0.5) is 8.78 Å². The van der Waals surface area contributed by atoms with E-state index < -0.39 is 17.9 Å². The van der Waals surface area contributed by atoms with Crippen LogP contribution in [-0.4, -0.2) is 41.0 Å². The Morgan fingerprint density at radius 2 is 1.75 bits per heavy atom. The zero-order valence-corrected chi connectivity index (χ0v) is 10.3. The Morgan fingerprint density at radius 1 is 1.31 bits per heavy atom. The summed E-state index contributed by atoms with van der Waals surface area (Å²) in [6.07, 6.45) is -0.465. The number of carboxylic acids is 1. The van der Waals surface area contributed by atoms with Crippen molar-refractivity contribution in [3.05, 3.63) is 0 Å². The Morgan fingerprint density at radius 3 is 2.06 bits per heavy atom. The Balaban J connectivity index is 0.00000225. The number of hydrogen-bond acceptors (Lipinski definition) is 2. The molecule has 0 saturated carbocycles. The largest absolute Gasteiger partial charge is 0.480 e. The smallest absolute Gasteiger partial charge is 0.321 e. The second kappa shape index (κ2) is 5.77. The van der Waals surface area contributed by atoms with E-state index in [9.17, 15) is 13.6 Å². The van der Waals surface area contributed by atoms with Crippen LogP contribution in [0.5, 0.6) is 0 Å². The van der Waals surface area contributed by atoms with Crippen LogP contribution in [0, 0.1) is 5.92 Å². The summed E-state index contributed by atoms with van der Waals surface area (Å²) in [7, 11) is 0. The number of likely N-dealkylation sites (tertiary alicyclic amines) is 1. The number of piperidine rings is 1. The van der Waals surface area contributed by atoms with Gasteiger partial charge in [0, 0.05) is 25.9 Å². The maximum atomic E-state index is 12.9. The fraction of sp³-hybridized carbons (Fsp3) is 0.900. The van der Waals surface area contributed by atoms with E-state index in [0.717, 1.165) is 0 Å². The third kappa shape index (κ3) is 3.87. The Labute approximate surface area is 100 Å². The normalized spacial score (nSPS) is 22.6. The summed E-state index contributed by atoms with van der Waals surface area (Å²) in [5.41, 5.74) is 0. The van der Waals surface area contributed by atoms with Gasteiger partial charge < -0.3 is 5.11 Å². The predicted molar refractivity (Wildman–Crippen MR) is 59.3 cm³/mol. The van der Waals surface area contributed by atoms with Crippen molar-refractivity contribution >= 4 is 18.4 Å². The molecule has 1 unspecified atom stereocenters. The molecule has 1 N–H and O–H groups in total. The first kappa shape index (κ1) is 15.6. The third-order valence-electron chi connectivity index (χ3n) is 2.81. The second-order valence-electron chi connectivity index (χ2n) is 4.42. The van der Waals surface area contributed by atoms with Gasteiger partial charge in [-0.15, -0.1) is 12.4 Å². The average Bonchev–Trinajstić information content (AvgIpc) is 2.07. The number of carbonyl (C=O) groups is 1. The van der Waals surface area contributed by atoms with Gasteiger partial charge in [0.15, 0.2) is 0 Å². The average molecular weight is 258 g/mol. The molecule has 3 nitrogen and oxygen atoms in total. The van der Waals surface area contributed by atoms with E-state index in [0.29, 0.717) is 0 Å². The van der Waals surface area contributed by atoms with Crippen LogP contribution in [-0.2, 0) is 4.79 Å². The van der Waals surface area contributed by atoms with Crippen LogP contribution in [0.3, 0.4) is 0 Å². The van der Waals surface area contributed by atoms with Gasteiger partial charge in [-0.25, -0.2) is 8.78 Å². The minimum atomic E-state index is -2.61. The number of aliphatic carboxylic acids is 1. The highest BCUT2D eigenvalue weighted by Gasteiger charge is 2.38. The molecule has 0 aromatic heterocycles. The lowest BCUT2D eigenvalue weighted by Gasteiger charge is -2.37. The lowest BCUT2D eigenvalue weighted by molar-refractivity contribution is -0.148. The molecule has 0 aromatic carbocycles. The van der Waals surface area contributed by atoms with Crippen LogP contribution in [0.1, 0.15) is 26.7 Å². The fourth-order valence-electron chi connectivity index (χ4n) is 1.99. The molecule has 1 heterocycles. The molecule has 1 fully saturated rings. The Hall–Kier alpha value is -0.420. The van der Waals surface area contributed by atoms with Crippen LogP contribution in [0.25, 0.3) is 0 Å². The minimum Gasteiger partial charge on any atom is -0.480 e. The molecule has 0 bridgehead atoms. The first-order chi connectivity index (χ1) is 6.83. The summed E-state index contributed by atoms with van der Waals surface area (Å²) in [5.74, 6) is -3.60. The first-order valence-electron chi connectivity index (χ1n) is 5.18. The van der Waals surface area contributed by atoms with E-state index in [2.05, 4.69) is 0 Å². The van der Waals surface area contributed by atoms with Gasteiger partial charge in [-0.2, -0.15) is 0 Å². The zero-order chi connectivity index (χ0) is 11.6. The van der Waals surface area contributed by atoms with Crippen LogP contribution >= 0.6 is 12.4 Å². The summed E-state index contributed by atoms with van der Waals surface area (Å²) >= 11 is 0. The lowest BCUT2D eigenvalue weighted by atomic mass is 9.98. The second-order valence-corrected chi connectivity index (χ2v) is 4.42. The summed E-state index contributed by atoms with van der Waals surface area (Å²) in [4.78, 5) is 12.6. The lowest BCUT2D eigenvalue weighted by Crippen LogP contribution is -2.50. The predicted octanol–water partition coefficient (Wildman–Crippen LogP) is 2.25. The fourth-order valence-corrected chi connectivity index (χ4v) is 1.99. The quantitative estimate of drug-likeness (QED) is 0.843. The van der Waals surface area contributed by atoms with Gasteiger partial charge >= 0.3 is 5.97 Å². The summed E-state index contributed by atoms with van der Waals surface area (Å²) < 4.78 is 25.7. The van der Waals surface area contributed by atoms with Gasteiger partial charge in [-0.3, -0.25) is 9.69 Å². The van der Waals surface area contributed by atoms with E-state index in [1.165, 1.54) is 0 Å². The Bertz CT molecular complexity index is 239. The van der Waals surface area contributed by atoms with Gasteiger partial charge in [0.1, 0.15) is 6.04 Å². The van der Waals surface area contributed by atoms with E-state index >= 15 is 0 Å². The van der Waals surface area contributed by atoms with Crippen LogP contribution < -0.4 is 0 Å². The molecule has 1 atom stereocenters. The maximum absolute atomic E-state index is 12.9. The van der Waals surface area contributed by atoms with E-state index in [1.54, 1.807) is 18.7 Å². The van der Waals surface area contributed by atoms with Crippen molar-refractivity contribution in [1.82, 2.24) is 4.90 Å². The van der Waals surface area contributed by atoms with Gasteiger partial charge in [-0.1, -0.05) is 13.8 Å².